The lowest BCUT2D eigenvalue weighted by Crippen LogP contribution is -2.06. The summed E-state index contributed by atoms with van der Waals surface area (Å²) >= 11 is 6.03. The van der Waals surface area contributed by atoms with Crippen LogP contribution in [-0.2, 0) is 15.6 Å². The summed E-state index contributed by atoms with van der Waals surface area (Å²) in [4.78, 5) is 15.2. The monoisotopic (exact) mass is 355 g/mol. The molecule has 0 radical (unpaired) electrons. The first-order chi connectivity index (χ1) is 11.7. The lowest BCUT2D eigenvalue weighted by atomic mass is 10.2. The van der Waals surface area contributed by atoms with Crippen molar-refractivity contribution >= 4 is 28.5 Å². The molecule has 0 bridgehead atoms. The fraction of sp³-hybridized carbons (Fsp3) is 0.0500. The van der Waals surface area contributed by atoms with Crippen LogP contribution in [0.25, 0.3) is 0 Å². The summed E-state index contributed by atoms with van der Waals surface area (Å²) < 4.78 is 4.77. The second-order valence-electron chi connectivity index (χ2n) is 5.09. The van der Waals surface area contributed by atoms with Crippen LogP contribution in [0, 0.1) is 0 Å². The Bertz CT molecular complexity index is 815. The van der Waals surface area contributed by atoms with Crippen molar-refractivity contribution in [1.82, 2.24) is 0 Å². The van der Waals surface area contributed by atoms with Crippen molar-refractivity contribution in [3.63, 3.8) is 0 Å². The van der Waals surface area contributed by atoms with E-state index in [-0.39, 0.29) is 16.9 Å². The minimum atomic E-state index is -0.326. The fourth-order valence-corrected chi connectivity index (χ4v) is 4.57. The average Bonchev–Trinajstić information content (AvgIpc) is 2.64. The molecule has 0 saturated heterocycles. The molecule has 2 nitrogen and oxygen atoms in total. The minimum Gasteiger partial charge on any atom is -0.465 e. The number of benzene rings is 3. The zero-order valence-electron chi connectivity index (χ0n) is 13.1. The van der Waals surface area contributed by atoms with Gasteiger partial charge in [0.25, 0.3) is 0 Å². The standard InChI is InChI=1S/C20H16ClO2S/c1-23-20(22)15-7-11-18(12-8-15)24(17-5-3-2-4-6-17)19-13-9-16(21)10-14-19/h2-14H,1H3/q+1. The molecule has 3 aromatic carbocycles. The van der Waals surface area contributed by atoms with Gasteiger partial charge in [-0.3, -0.25) is 0 Å². The Morgan fingerprint density at radius 1 is 0.792 bits per heavy atom. The molecule has 1 atom stereocenters. The van der Waals surface area contributed by atoms with E-state index in [9.17, 15) is 4.79 Å². The van der Waals surface area contributed by atoms with Crippen LogP contribution >= 0.6 is 11.6 Å². The highest BCUT2D eigenvalue weighted by molar-refractivity contribution is 7.97. The van der Waals surface area contributed by atoms with Crippen LogP contribution in [0.15, 0.2) is 93.5 Å². The number of carbonyl (C=O) groups is 1. The van der Waals surface area contributed by atoms with Gasteiger partial charge in [0.15, 0.2) is 14.7 Å². The molecule has 3 rings (SSSR count). The zero-order chi connectivity index (χ0) is 16.9. The number of methoxy groups -OCH3 is 1. The number of hydrogen-bond acceptors (Lipinski definition) is 2. The van der Waals surface area contributed by atoms with Crippen molar-refractivity contribution in [1.29, 1.82) is 0 Å². The van der Waals surface area contributed by atoms with Crippen LogP contribution in [-0.4, -0.2) is 13.1 Å². The molecule has 4 heteroatoms. The van der Waals surface area contributed by atoms with Crippen molar-refractivity contribution in [3.8, 4) is 0 Å². The third-order valence-electron chi connectivity index (χ3n) is 3.54. The van der Waals surface area contributed by atoms with Crippen LogP contribution in [0.5, 0.6) is 0 Å². The van der Waals surface area contributed by atoms with Crippen molar-refractivity contribution in [2.45, 2.75) is 14.7 Å². The van der Waals surface area contributed by atoms with Crippen molar-refractivity contribution < 1.29 is 9.53 Å². The SMILES string of the molecule is COC(=O)c1ccc([S+](c2ccccc2)c2ccc(Cl)cc2)cc1. The Balaban J connectivity index is 2.05. The molecule has 1 unspecified atom stereocenters. The lowest BCUT2D eigenvalue weighted by Gasteiger charge is -2.08. The maximum Gasteiger partial charge on any atom is 0.337 e. The van der Waals surface area contributed by atoms with Crippen molar-refractivity contribution in [2.75, 3.05) is 7.11 Å². The van der Waals surface area contributed by atoms with Crippen LogP contribution < -0.4 is 0 Å². The molecule has 0 amide bonds. The number of carbonyl (C=O) groups excluding carboxylic acids is 1. The van der Waals surface area contributed by atoms with E-state index in [4.69, 9.17) is 16.3 Å². The second kappa shape index (κ2) is 7.56. The first-order valence-corrected chi connectivity index (χ1v) is 9.02. The maximum atomic E-state index is 11.6. The van der Waals surface area contributed by atoms with Gasteiger partial charge in [-0.1, -0.05) is 29.8 Å². The first kappa shape index (κ1) is 16.6. The number of halogens is 1. The molecule has 0 saturated carbocycles. The smallest absolute Gasteiger partial charge is 0.337 e. The number of hydrogen-bond donors (Lipinski definition) is 0. The van der Waals surface area contributed by atoms with E-state index in [1.165, 1.54) is 16.9 Å². The van der Waals surface area contributed by atoms with Gasteiger partial charge >= 0.3 is 5.97 Å². The van der Waals surface area contributed by atoms with Gasteiger partial charge in [0.05, 0.1) is 23.6 Å². The van der Waals surface area contributed by atoms with Crippen molar-refractivity contribution in [3.05, 3.63) is 89.4 Å². The molecule has 0 N–H and O–H groups in total. The third-order valence-corrected chi connectivity index (χ3v) is 6.02. The van der Waals surface area contributed by atoms with Crippen LogP contribution in [0.3, 0.4) is 0 Å². The summed E-state index contributed by atoms with van der Waals surface area (Å²) in [6, 6.07) is 25.8. The Morgan fingerprint density at radius 2 is 1.29 bits per heavy atom. The van der Waals surface area contributed by atoms with E-state index in [1.807, 2.05) is 54.6 Å². The normalized spacial score (nSPS) is 11.8. The van der Waals surface area contributed by atoms with Gasteiger partial charge in [0.1, 0.15) is 0 Å². The van der Waals surface area contributed by atoms with Crippen LogP contribution in [0.4, 0.5) is 0 Å². The summed E-state index contributed by atoms with van der Waals surface area (Å²) in [5, 5.41) is 0.719. The molecule has 0 aliphatic carbocycles. The molecule has 120 valence electrons. The Morgan fingerprint density at radius 3 is 1.83 bits per heavy atom. The third kappa shape index (κ3) is 3.64. The summed E-state index contributed by atoms with van der Waals surface area (Å²) in [6.45, 7) is 0. The average molecular weight is 356 g/mol. The molecule has 0 aromatic heterocycles. The van der Waals surface area contributed by atoms with Gasteiger partial charge in [-0.05, 0) is 60.7 Å². The molecule has 3 aromatic rings. The molecule has 0 aliphatic rings. The molecule has 0 spiro atoms. The topological polar surface area (TPSA) is 26.3 Å². The molecular formula is C20H16ClO2S+. The van der Waals surface area contributed by atoms with E-state index in [1.54, 1.807) is 12.1 Å². The van der Waals surface area contributed by atoms with E-state index in [0.717, 1.165) is 9.92 Å². The van der Waals surface area contributed by atoms with Gasteiger partial charge in [-0.15, -0.1) is 0 Å². The predicted octanol–water partition coefficient (Wildman–Crippen LogP) is 5.22. The summed E-state index contributed by atoms with van der Waals surface area (Å²) in [6.07, 6.45) is 0. The summed E-state index contributed by atoms with van der Waals surface area (Å²) in [5.74, 6) is -0.326. The fourth-order valence-electron chi connectivity index (χ4n) is 2.38. The van der Waals surface area contributed by atoms with E-state index in [0.29, 0.717) is 5.56 Å². The zero-order valence-corrected chi connectivity index (χ0v) is 14.7. The van der Waals surface area contributed by atoms with Crippen LogP contribution in [0.2, 0.25) is 5.02 Å². The molecule has 0 aliphatic heterocycles. The summed E-state index contributed by atoms with van der Waals surface area (Å²) in [7, 11) is 1.13. The molecular weight excluding hydrogens is 340 g/mol. The highest BCUT2D eigenvalue weighted by Gasteiger charge is 2.28. The molecule has 24 heavy (non-hydrogen) atoms. The van der Waals surface area contributed by atoms with Gasteiger partial charge < -0.3 is 4.74 Å². The van der Waals surface area contributed by atoms with Gasteiger partial charge in [0, 0.05) is 5.02 Å². The summed E-state index contributed by atoms with van der Waals surface area (Å²) in [5.41, 5.74) is 0.550. The van der Waals surface area contributed by atoms with E-state index >= 15 is 0 Å². The highest BCUT2D eigenvalue weighted by Crippen LogP contribution is 2.31. The molecule has 0 fully saturated rings. The predicted molar refractivity (Wildman–Crippen MR) is 97.8 cm³/mol. The van der Waals surface area contributed by atoms with Crippen LogP contribution in [0.1, 0.15) is 10.4 Å². The Hall–Kier alpha value is -2.23. The Kier molecular flexibility index (Phi) is 5.24. The van der Waals surface area contributed by atoms with E-state index < -0.39 is 0 Å². The second-order valence-corrected chi connectivity index (χ2v) is 7.55. The van der Waals surface area contributed by atoms with Gasteiger partial charge in [-0.2, -0.15) is 0 Å². The largest absolute Gasteiger partial charge is 0.465 e. The van der Waals surface area contributed by atoms with Gasteiger partial charge in [-0.25, -0.2) is 4.79 Å². The maximum absolute atomic E-state index is 11.6. The minimum absolute atomic E-state index is 0.257. The number of esters is 1. The quantitative estimate of drug-likeness (QED) is 0.473. The first-order valence-electron chi connectivity index (χ1n) is 7.42. The van der Waals surface area contributed by atoms with Crippen molar-refractivity contribution in [2.24, 2.45) is 0 Å². The lowest BCUT2D eigenvalue weighted by molar-refractivity contribution is 0.0600. The van der Waals surface area contributed by atoms with Gasteiger partial charge in [0.2, 0.25) is 0 Å². The molecule has 0 heterocycles. The van der Waals surface area contributed by atoms with E-state index in [2.05, 4.69) is 12.1 Å². The highest BCUT2D eigenvalue weighted by atomic mass is 35.5. The number of ether oxygens (including phenoxy) is 1. The Labute approximate surface area is 149 Å². The number of rotatable bonds is 4.